The van der Waals surface area contributed by atoms with Gasteiger partial charge in [-0.15, -0.1) is 0 Å². The molecule has 0 unspecified atom stereocenters. The molecule has 3 aromatic carbocycles. The zero-order valence-electron chi connectivity index (χ0n) is 14.5. The van der Waals surface area contributed by atoms with Crippen molar-refractivity contribution in [2.24, 2.45) is 5.73 Å². The van der Waals surface area contributed by atoms with Crippen molar-refractivity contribution in [1.29, 1.82) is 0 Å². The van der Waals surface area contributed by atoms with E-state index >= 15 is 0 Å². The van der Waals surface area contributed by atoms with Crippen LogP contribution in [0.2, 0.25) is 0 Å². The van der Waals surface area contributed by atoms with Crippen molar-refractivity contribution in [2.45, 2.75) is 0 Å². The van der Waals surface area contributed by atoms with E-state index in [2.05, 4.69) is 9.72 Å². The number of hydrogen-bond acceptors (Lipinski definition) is 6. The molecule has 7 nitrogen and oxygen atoms in total. The van der Waals surface area contributed by atoms with Gasteiger partial charge in [-0.05, 0) is 53.2 Å². The van der Waals surface area contributed by atoms with E-state index in [4.69, 9.17) is 10.5 Å². The average Bonchev–Trinajstić information content (AvgIpc) is 2.66. The van der Waals surface area contributed by atoms with Crippen molar-refractivity contribution in [3.8, 4) is 17.2 Å². The predicted octanol–water partition coefficient (Wildman–Crippen LogP) is 4.12. The number of aromatic hydroxyl groups is 1. The molecule has 0 saturated heterocycles. The Bertz CT molecular complexity index is 1240. The zero-order valence-corrected chi connectivity index (χ0v) is 14.5. The van der Waals surface area contributed by atoms with E-state index in [-0.39, 0.29) is 11.3 Å². The summed E-state index contributed by atoms with van der Waals surface area (Å²) in [5, 5.41) is 11.7. The Morgan fingerprint density at radius 2 is 1.79 bits per heavy atom. The predicted molar refractivity (Wildman–Crippen MR) is 102 cm³/mol. The van der Waals surface area contributed by atoms with Gasteiger partial charge in [0.1, 0.15) is 17.2 Å². The molecule has 0 bridgehead atoms. The minimum atomic E-state index is -1.16. The van der Waals surface area contributed by atoms with Crippen LogP contribution in [0.15, 0.2) is 66.9 Å². The Morgan fingerprint density at radius 3 is 2.61 bits per heavy atom. The molecule has 1 amide bonds. The first-order chi connectivity index (χ1) is 13.5. The van der Waals surface area contributed by atoms with Gasteiger partial charge < -0.3 is 20.3 Å². The van der Waals surface area contributed by atoms with E-state index in [9.17, 15) is 14.7 Å². The smallest absolute Gasteiger partial charge is 0.412 e. The topological polar surface area (TPSA) is 112 Å². The Hall–Kier alpha value is -4.13. The third-order valence-electron chi connectivity index (χ3n) is 4.18. The summed E-state index contributed by atoms with van der Waals surface area (Å²) in [6.45, 7) is 0. The lowest BCUT2D eigenvalue weighted by atomic mass is 10.0. The number of nitrogens with zero attached hydrogens (tertiary/aromatic N) is 1. The lowest BCUT2D eigenvalue weighted by Crippen LogP contribution is -2.18. The number of rotatable bonds is 3. The molecular formula is C21H14N2O5. The molecule has 7 heteroatoms. The number of carbonyl (C=O) groups is 2. The number of hydrogen-bond donors (Lipinski definition) is 2. The quantitative estimate of drug-likeness (QED) is 0.412. The molecule has 4 rings (SSSR count). The van der Waals surface area contributed by atoms with Crippen molar-refractivity contribution in [3.05, 3.63) is 72.4 Å². The number of benzene rings is 3. The molecule has 1 aromatic heterocycles. The monoisotopic (exact) mass is 374 g/mol. The summed E-state index contributed by atoms with van der Waals surface area (Å²) in [5.41, 5.74) is 5.75. The molecule has 0 fully saturated rings. The summed E-state index contributed by atoms with van der Waals surface area (Å²) in [6, 6.07) is 16.8. The van der Waals surface area contributed by atoms with Gasteiger partial charge in [0.2, 0.25) is 0 Å². The lowest BCUT2D eigenvalue weighted by molar-refractivity contribution is 0.0640. The average molecular weight is 374 g/mol. The highest BCUT2D eigenvalue weighted by molar-refractivity contribution is 6.07. The summed E-state index contributed by atoms with van der Waals surface area (Å²) >= 11 is 0. The standard InChI is InChI=1S/C21H14N2O5/c22-21(26)28-20(25)16-3-1-2-12-10-14(5-7-15(12)16)27-19-8-9-23-18-11-13(24)4-6-17(18)19/h1-11,24H,(H2,22,26). The maximum Gasteiger partial charge on any atom is 0.412 e. The molecule has 138 valence electrons. The van der Waals surface area contributed by atoms with Crippen LogP contribution < -0.4 is 10.5 Å². The first-order valence-electron chi connectivity index (χ1n) is 8.31. The van der Waals surface area contributed by atoms with E-state index in [1.54, 1.807) is 60.8 Å². The molecule has 0 aliphatic carbocycles. The fraction of sp³-hybridized carbons (Fsp3) is 0. The number of amides is 1. The van der Waals surface area contributed by atoms with Crippen LogP contribution >= 0.6 is 0 Å². The second-order valence-electron chi connectivity index (χ2n) is 6.01. The Balaban J connectivity index is 1.71. The summed E-state index contributed by atoms with van der Waals surface area (Å²) in [6.07, 6.45) is 0.438. The molecule has 28 heavy (non-hydrogen) atoms. The summed E-state index contributed by atoms with van der Waals surface area (Å²) in [4.78, 5) is 27.1. The highest BCUT2D eigenvalue weighted by atomic mass is 16.6. The van der Waals surface area contributed by atoms with E-state index < -0.39 is 12.1 Å². The second kappa shape index (κ2) is 6.88. The van der Waals surface area contributed by atoms with Crippen molar-refractivity contribution < 1.29 is 24.2 Å². The number of ether oxygens (including phenoxy) is 2. The van der Waals surface area contributed by atoms with E-state index in [1.165, 1.54) is 0 Å². The molecule has 4 aromatic rings. The number of pyridine rings is 1. The number of fused-ring (bicyclic) bond motifs is 2. The third kappa shape index (κ3) is 3.28. The highest BCUT2D eigenvalue weighted by Gasteiger charge is 2.14. The number of carbonyl (C=O) groups excluding carboxylic acids is 2. The van der Waals surface area contributed by atoms with Crippen LogP contribution in [0.3, 0.4) is 0 Å². The molecular weight excluding hydrogens is 360 g/mol. The maximum absolute atomic E-state index is 12.0. The van der Waals surface area contributed by atoms with Gasteiger partial charge in [-0.2, -0.15) is 0 Å². The second-order valence-corrected chi connectivity index (χ2v) is 6.01. The normalized spacial score (nSPS) is 10.7. The molecule has 0 aliphatic rings. The summed E-state index contributed by atoms with van der Waals surface area (Å²) < 4.78 is 10.5. The molecule has 1 heterocycles. The first-order valence-corrected chi connectivity index (χ1v) is 8.31. The largest absolute Gasteiger partial charge is 0.508 e. The summed E-state index contributed by atoms with van der Waals surface area (Å²) in [7, 11) is 0. The van der Waals surface area contributed by atoms with Gasteiger partial charge in [0.15, 0.2) is 0 Å². The fourth-order valence-electron chi connectivity index (χ4n) is 2.98. The van der Waals surface area contributed by atoms with Crippen molar-refractivity contribution in [2.75, 3.05) is 0 Å². The fourth-order valence-corrected chi connectivity index (χ4v) is 2.98. The van der Waals surface area contributed by atoms with Crippen molar-refractivity contribution in [1.82, 2.24) is 4.98 Å². The number of esters is 1. The number of aromatic nitrogens is 1. The molecule has 0 atom stereocenters. The minimum absolute atomic E-state index is 0.123. The van der Waals surface area contributed by atoms with Crippen LogP contribution in [-0.4, -0.2) is 22.2 Å². The van der Waals surface area contributed by atoms with Gasteiger partial charge in [0.05, 0.1) is 11.1 Å². The molecule has 0 spiro atoms. The van der Waals surface area contributed by atoms with E-state index in [1.807, 2.05) is 6.07 Å². The van der Waals surface area contributed by atoms with Gasteiger partial charge >= 0.3 is 12.1 Å². The highest BCUT2D eigenvalue weighted by Crippen LogP contribution is 2.32. The van der Waals surface area contributed by atoms with Crippen LogP contribution in [0, 0.1) is 0 Å². The van der Waals surface area contributed by atoms with Crippen LogP contribution in [0.25, 0.3) is 21.7 Å². The molecule has 0 saturated carbocycles. The SMILES string of the molecule is NC(=O)OC(=O)c1cccc2cc(Oc3ccnc4cc(O)ccc34)ccc12. The van der Waals surface area contributed by atoms with Gasteiger partial charge in [0.25, 0.3) is 0 Å². The van der Waals surface area contributed by atoms with Gasteiger partial charge in [-0.25, -0.2) is 9.59 Å². The van der Waals surface area contributed by atoms with Gasteiger partial charge in [-0.3, -0.25) is 4.98 Å². The van der Waals surface area contributed by atoms with Crippen LogP contribution in [0.1, 0.15) is 10.4 Å². The molecule has 0 aliphatic heterocycles. The van der Waals surface area contributed by atoms with Crippen LogP contribution in [-0.2, 0) is 4.74 Å². The third-order valence-corrected chi connectivity index (χ3v) is 4.18. The van der Waals surface area contributed by atoms with E-state index in [0.29, 0.717) is 22.4 Å². The Kier molecular flexibility index (Phi) is 4.25. The Labute approximate surface area is 158 Å². The molecule has 3 N–H and O–H groups in total. The minimum Gasteiger partial charge on any atom is -0.508 e. The summed E-state index contributed by atoms with van der Waals surface area (Å²) in [5.74, 6) is 0.437. The number of phenolic OH excluding ortho intramolecular Hbond substituents is 1. The number of phenols is 1. The maximum atomic E-state index is 12.0. The van der Waals surface area contributed by atoms with Crippen molar-refractivity contribution in [3.63, 3.8) is 0 Å². The first kappa shape index (κ1) is 17.3. The Morgan fingerprint density at radius 1 is 0.964 bits per heavy atom. The van der Waals surface area contributed by atoms with E-state index in [0.717, 1.165) is 10.8 Å². The van der Waals surface area contributed by atoms with Gasteiger partial charge in [-0.1, -0.05) is 12.1 Å². The zero-order chi connectivity index (χ0) is 19.7. The van der Waals surface area contributed by atoms with Crippen molar-refractivity contribution >= 4 is 33.7 Å². The lowest BCUT2D eigenvalue weighted by Gasteiger charge is -2.11. The van der Waals surface area contributed by atoms with Gasteiger partial charge in [0, 0.05) is 17.6 Å². The van der Waals surface area contributed by atoms with Crippen LogP contribution in [0.5, 0.6) is 17.2 Å². The number of primary amides is 1. The van der Waals surface area contributed by atoms with Crippen LogP contribution in [0.4, 0.5) is 4.79 Å². The number of nitrogens with two attached hydrogens (primary N) is 1. The molecule has 0 radical (unpaired) electrons.